The summed E-state index contributed by atoms with van der Waals surface area (Å²) < 4.78 is 10.6. The van der Waals surface area contributed by atoms with Gasteiger partial charge in [-0.05, 0) is 35.9 Å². The van der Waals surface area contributed by atoms with Crippen LogP contribution in [0.2, 0.25) is 10.2 Å². The first kappa shape index (κ1) is 21.9. The second-order valence-electron chi connectivity index (χ2n) is 6.67. The van der Waals surface area contributed by atoms with Gasteiger partial charge in [-0.1, -0.05) is 35.3 Å². The molecule has 2 aromatic carbocycles. The molecule has 1 aromatic heterocycles. The monoisotopic (exact) mass is 446 g/mol. The van der Waals surface area contributed by atoms with E-state index in [0.29, 0.717) is 21.9 Å². The van der Waals surface area contributed by atoms with E-state index < -0.39 is 12.0 Å². The number of rotatable bonds is 7. The topological polar surface area (TPSA) is 77.5 Å². The van der Waals surface area contributed by atoms with Crippen molar-refractivity contribution in [1.82, 2.24) is 10.3 Å². The summed E-state index contributed by atoms with van der Waals surface area (Å²) in [5, 5.41) is 4.43. The number of esters is 1. The zero-order valence-electron chi connectivity index (χ0n) is 16.4. The molecule has 1 unspecified atom stereocenters. The van der Waals surface area contributed by atoms with Crippen LogP contribution >= 0.6 is 23.2 Å². The lowest BCUT2D eigenvalue weighted by Crippen LogP contribution is -2.28. The van der Waals surface area contributed by atoms with E-state index in [0.717, 1.165) is 10.9 Å². The summed E-state index contributed by atoms with van der Waals surface area (Å²) in [6.07, 6.45) is -0.0307. The number of nitrogens with zero attached hydrogens (tertiary/aromatic N) is 1. The fraction of sp³-hybridized carbons (Fsp3) is 0.227. The number of pyridine rings is 1. The van der Waals surface area contributed by atoms with E-state index in [1.54, 1.807) is 37.4 Å². The highest BCUT2D eigenvalue weighted by Crippen LogP contribution is 2.25. The van der Waals surface area contributed by atoms with E-state index in [4.69, 9.17) is 32.7 Å². The summed E-state index contributed by atoms with van der Waals surface area (Å²) in [4.78, 5) is 28.3. The number of hydrogen-bond acceptors (Lipinski definition) is 5. The molecule has 0 radical (unpaired) electrons. The summed E-state index contributed by atoms with van der Waals surface area (Å²) in [5.74, 6) is -0.0500. The first-order valence-electron chi connectivity index (χ1n) is 9.17. The van der Waals surface area contributed by atoms with E-state index in [1.165, 1.54) is 6.92 Å². The lowest BCUT2D eigenvalue weighted by molar-refractivity contribution is -0.145. The lowest BCUT2D eigenvalue weighted by atomic mass is 10.0. The molecule has 3 rings (SSSR count). The highest BCUT2D eigenvalue weighted by atomic mass is 35.5. The third kappa shape index (κ3) is 5.62. The molecule has 0 saturated carbocycles. The van der Waals surface area contributed by atoms with Crippen molar-refractivity contribution in [3.05, 3.63) is 69.8 Å². The van der Waals surface area contributed by atoms with Crippen molar-refractivity contribution in [2.24, 2.45) is 0 Å². The highest BCUT2D eigenvalue weighted by molar-refractivity contribution is 6.30. The van der Waals surface area contributed by atoms with Gasteiger partial charge < -0.3 is 14.8 Å². The lowest BCUT2D eigenvalue weighted by Gasteiger charge is -2.18. The molecule has 30 heavy (non-hydrogen) atoms. The first-order chi connectivity index (χ1) is 14.4. The fourth-order valence-corrected chi connectivity index (χ4v) is 3.30. The third-order valence-corrected chi connectivity index (χ3v) is 5.04. The highest BCUT2D eigenvalue weighted by Gasteiger charge is 2.19. The largest absolute Gasteiger partial charge is 0.497 e. The molecule has 1 heterocycles. The summed E-state index contributed by atoms with van der Waals surface area (Å²) in [6.45, 7) is 1.36. The van der Waals surface area contributed by atoms with Crippen LogP contribution in [0.4, 0.5) is 0 Å². The molecule has 0 aliphatic heterocycles. The van der Waals surface area contributed by atoms with Gasteiger partial charge in [-0.3, -0.25) is 9.59 Å². The fourth-order valence-electron chi connectivity index (χ4n) is 2.97. The second-order valence-corrected chi connectivity index (χ2v) is 7.46. The smallest absolute Gasteiger partial charge is 0.308 e. The Morgan fingerprint density at radius 3 is 2.50 bits per heavy atom. The first-order valence-corrected chi connectivity index (χ1v) is 9.92. The molecule has 6 nitrogen and oxygen atoms in total. The molecule has 0 aliphatic rings. The second kappa shape index (κ2) is 9.78. The number of amides is 1. The Balaban J connectivity index is 1.69. The molecule has 1 amide bonds. The van der Waals surface area contributed by atoms with Gasteiger partial charge in [-0.15, -0.1) is 0 Å². The number of ether oxygens (including phenoxy) is 2. The predicted molar refractivity (Wildman–Crippen MR) is 116 cm³/mol. The van der Waals surface area contributed by atoms with Crippen LogP contribution < -0.4 is 10.1 Å². The van der Waals surface area contributed by atoms with Gasteiger partial charge in [0, 0.05) is 29.0 Å². The maximum Gasteiger partial charge on any atom is 0.308 e. The van der Waals surface area contributed by atoms with Gasteiger partial charge in [-0.2, -0.15) is 0 Å². The number of halogens is 2. The summed E-state index contributed by atoms with van der Waals surface area (Å²) in [5.41, 5.74) is 2.03. The molecule has 0 bridgehead atoms. The van der Waals surface area contributed by atoms with Crippen LogP contribution in [-0.4, -0.2) is 24.0 Å². The van der Waals surface area contributed by atoms with Crippen molar-refractivity contribution >= 4 is 46.0 Å². The number of carbonyl (C=O) groups is 2. The number of aromatic nitrogens is 1. The van der Waals surface area contributed by atoms with E-state index in [9.17, 15) is 9.59 Å². The Hall–Kier alpha value is -2.83. The van der Waals surface area contributed by atoms with E-state index in [-0.39, 0.29) is 24.1 Å². The van der Waals surface area contributed by atoms with Gasteiger partial charge in [0.25, 0.3) is 0 Å². The average Bonchev–Trinajstić information content (AvgIpc) is 2.71. The van der Waals surface area contributed by atoms with E-state index in [2.05, 4.69) is 10.3 Å². The van der Waals surface area contributed by atoms with Crippen molar-refractivity contribution < 1.29 is 19.1 Å². The van der Waals surface area contributed by atoms with Gasteiger partial charge in [-0.25, -0.2) is 4.98 Å². The van der Waals surface area contributed by atoms with Crippen LogP contribution in [0.1, 0.15) is 30.5 Å². The molecule has 0 saturated heterocycles. The van der Waals surface area contributed by atoms with Crippen LogP contribution in [0.3, 0.4) is 0 Å². The molecule has 1 N–H and O–H groups in total. The molecular weight excluding hydrogens is 427 g/mol. The van der Waals surface area contributed by atoms with Crippen molar-refractivity contribution in [3.8, 4) is 5.75 Å². The van der Waals surface area contributed by atoms with Crippen LogP contribution in [-0.2, 0) is 20.9 Å². The van der Waals surface area contributed by atoms with E-state index >= 15 is 0 Å². The Bertz CT molecular complexity index is 1070. The Labute approximate surface area is 184 Å². The average molecular weight is 447 g/mol. The minimum Gasteiger partial charge on any atom is -0.497 e. The summed E-state index contributed by atoms with van der Waals surface area (Å²) in [6, 6.07) is 13.7. The minimum absolute atomic E-state index is 0.0277. The quantitative estimate of drug-likeness (QED) is 0.414. The number of nitrogens with one attached hydrogen (secondary N) is 1. The Kier molecular flexibility index (Phi) is 7.13. The summed E-state index contributed by atoms with van der Waals surface area (Å²) in [7, 11) is 1.58. The number of benzene rings is 2. The Morgan fingerprint density at radius 1 is 1.10 bits per heavy atom. The van der Waals surface area contributed by atoms with Gasteiger partial charge >= 0.3 is 5.97 Å². The zero-order chi connectivity index (χ0) is 21.7. The third-order valence-electron chi connectivity index (χ3n) is 4.46. The SMILES string of the molecule is COc1ccc2cc(COC(=O)CC(NC(C)=O)c3ccc(Cl)cc3)c(Cl)nc2c1. The molecule has 0 spiro atoms. The van der Waals surface area contributed by atoms with Crippen LogP contribution in [0.25, 0.3) is 10.9 Å². The zero-order valence-corrected chi connectivity index (χ0v) is 18.0. The van der Waals surface area contributed by atoms with E-state index in [1.807, 2.05) is 18.2 Å². The molecule has 8 heteroatoms. The van der Waals surface area contributed by atoms with Gasteiger partial charge in [0.15, 0.2) is 0 Å². The molecule has 0 fully saturated rings. The van der Waals surface area contributed by atoms with Crippen LogP contribution in [0, 0.1) is 0 Å². The standard InChI is InChI=1S/C22H20Cl2N2O4/c1-13(27)25-20(14-3-6-17(23)7-4-14)11-21(28)30-12-16-9-15-5-8-18(29-2)10-19(15)26-22(16)24/h3-10,20H,11-12H2,1-2H3,(H,25,27). The molecule has 156 valence electrons. The number of carbonyl (C=O) groups excluding carboxylic acids is 2. The minimum atomic E-state index is -0.523. The molecule has 3 aromatic rings. The van der Waals surface area contributed by atoms with Crippen molar-refractivity contribution in [3.63, 3.8) is 0 Å². The van der Waals surface area contributed by atoms with Crippen molar-refractivity contribution in [2.45, 2.75) is 26.0 Å². The molecular formula is C22H20Cl2N2O4. The number of methoxy groups -OCH3 is 1. The van der Waals surface area contributed by atoms with Gasteiger partial charge in [0.1, 0.15) is 17.5 Å². The van der Waals surface area contributed by atoms with Crippen LogP contribution in [0.15, 0.2) is 48.5 Å². The number of hydrogen-bond donors (Lipinski definition) is 1. The summed E-state index contributed by atoms with van der Waals surface area (Å²) >= 11 is 12.2. The van der Waals surface area contributed by atoms with Gasteiger partial charge in [0.05, 0.1) is 25.1 Å². The molecule has 1 atom stereocenters. The maximum atomic E-state index is 12.4. The van der Waals surface area contributed by atoms with Crippen LogP contribution in [0.5, 0.6) is 5.75 Å². The number of fused-ring (bicyclic) bond motifs is 1. The Morgan fingerprint density at radius 2 is 1.83 bits per heavy atom. The van der Waals surface area contributed by atoms with Gasteiger partial charge in [0.2, 0.25) is 5.91 Å². The van der Waals surface area contributed by atoms with Crippen molar-refractivity contribution in [2.75, 3.05) is 7.11 Å². The predicted octanol–water partition coefficient (Wildman–Crippen LogP) is 4.86. The maximum absolute atomic E-state index is 12.4. The normalized spacial score (nSPS) is 11.7. The molecule has 0 aliphatic carbocycles. The van der Waals surface area contributed by atoms with Crippen molar-refractivity contribution in [1.29, 1.82) is 0 Å².